The Kier molecular flexibility index (Phi) is 4.65. The monoisotopic (exact) mass is 273 g/mol. The topological polar surface area (TPSA) is 102 Å². The molecule has 0 aromatic heterocycles. The van der Waals surface area contributed by atoms with Crippen LogP contribution in [-0.4, -0.2) is 39.3 Å². The third kappa shape index (κ3) is 3.42. The van der Waals surface area contributed by atoms with Crippen molar-refractivity contribution in [3.63, 3.8) is 0 Å². The van der Waals surface area contributed by atoms with E-state index in [1.54, 1.807) is 0 Å². The van der Waals surface area contributed by atoms with Crippen LogP contribution in [0.4, 0.5) is 0 Å². The van der Waals surface area contributed by atoms with Crippen molar-refractivity contribution in [2.45, 2.75) is 4.90 Å². The number of nitrogens with one attached hydrogen (secondary N) is 1. The number of nitrogens with two attached hydrogens (primary N) is 1. The van der Waals surface area contributed by atoms with Gasteiger partial charge in [-0.3, -0.25) is 10.2 Å². The molecule has 7 nitrogen and oxygen atoms in total. The molecule has 3 N–H and O–H groups in total. The lowest BCUT2D eigenvalue weighted by molar-refractivity contribution is -0.123. The van der Waals surface area contributed by atoms with Crippen molar-refractivity contribution in [3.8, 4) is 5.75 Å². The quantitative estimate of drug-likeness (QED) is 0.420. The standard InChI is InChI=1S/C10H15N3O4S/c1-13(2)18(15,16)9-5-3-8(4-6-9)17-7-10(14)12-11/h3-6H,7,11H2,1-2H3,(H,12,14). The van der Waals surface area contributed by atoms with Crippen molar-refractivity contribution >= 4 is 15.9 Å². The highest BCUT2D eigenvalue weighted by atomic mass is 32.2. The second kappa shape index (κ2) is 5.80. The van der Waals surface area contributed by atoms with Crippen LogP contribution in [0.5, 0.6) is 5.75 Å². The molecule has 0 radical (unpaired) electrons. The van der Waals surface area contributed by atoms with Gasteiger partial charge in [-0.25, -0.2) is 18.6 Å². The minimum Gasteiger partial charge on any atom is -0.484 e. The van der Waals surface area contributed by atoms with Gasteiger partial charge >= 0.3 is 0 Å². The molecule has 0 fully saturated rings. The van der Waals surface area contributed by atoms with Gasteiger partial charge in [0.05, 0.1) is 4.90 Å². The lowest BCUT2D eigenvalue weighted by Crippen LogP contribution is -2.34. The smallest absolute Gasteiger partial charge is 0.271 e. The third-order valence-corrected chi connectivity index (χ3v) is 3.96. The Labute approximate surface area is 106 Å². The van der Waals surface area contributed by atoms with Crippen LogP contribution in [0.3, 0.4) is 0 Å². The highest BCUT2D eigenvalue weighted by molar-refractivity contribution is 7.89. The van der Waals surface area contributed by atoms with Crippen molar-refractivity contribution in [3.05, 3.63) is 24.3 Å². The molecule has 0 aliphatic heterocycles. The van der Waals surface area contributed by atoms with Gasteiger partial charge in [0.1, 0.15) is 5.75 Å². The predicted octanol–water partition coefficient (Wildman–Crippen LogP) is -0.694. The van der Waals surface area contributed by atoms with E-state index in [0.717, 1.165) is 4.31 Å². The molecule has 18 heavy (non-hydrogen) atoms. The van der Waals surface area contributed by atoms with Gasteiger partial charge in [0.25, 0.3) is 5.91 Å². The molecule has 1 rings (SSSR count). The van der Waals surface area contributed by atoms with E-state index in [-0.39, 0.29) is 11.5 Å². The van der Waals surface area contributed by atoms with E-state index in [9.17, 15) is 13.2 Å². The van der Waals surface area contributed by atoms with E-state index in [1.165, 1.54) is 38.4 Å². The first-order chi connectivity index (χ1) is 8.37. The van der Waals surface area contributed by atoms with Crippen LogP contribution >= 0.6 is 0 Å². The number of carbonyl (C=O) groups is 1. The van der Waals surface area contributed by atoms with Crippen molar-refractivity contribution in [2.75, 3.05) is 20.7 Å². The maximum absolute atomic E-state index is 11.8. The highest BCUT2D eigenvalue weighted by Crippen LogP contribution is 2.17. The fourth-order valence-electron chi connectivity index (χ4n) is 1.11. The molecule has 0 saturated heterocycles. The Hall–Kier alpha value is -1.64. The van der Waals surface area contributed by atoms with Gasteiger partial charge in [-0.2, -0.15) is 0 Å². The summed E-state index contributed by atoms with van der Waals surface area (Å²) in [6.45, 7) is -0.226. The van der Waals surface area contributed by atoms with Gasteiger partial charge < -0.3 is 4.74 Å². The number of hydrogen-bond donors (Lipinski definition) is 2. The first-order valence-corrected chi connectivity index (χ1v) is 6.47. The predicted molar refractivity (Wildman–Crippen MR) is 65.1 cm³/mol. The van der Waals surface area contributed by atoms with Gasteiger partial charge in [0, 0.05) is 14.1 Å². The maximum atomic E-state index is 11.8. The molecular formula is C10H15N3O4S. The Morgan fingerprint density at radius 1 is 1.33 bits per heavy atom. The Morgan fingerprint density at radius 2 is 1.89 bits per heavy atom. The zero-order valence-electron chi connectivity index (χ0n) is 10.1. The number of sulfonamides is 1. The largest absolute Gasteiger partial charge is 0.484 e. The minimum absolute atomic E-state index is 0.156. The van der Waals surface area contributed by atoms with Gasteiger partial charge in [-0.15, -0.1) is 0 Å². The first kappa shape index (κ1) is 14.4. The molecule has 1 aromatic carbocycles. The minimum atomic E-state index is -3.45. The molecule has 0 saturated carbocycles. The van der Waals surface area contributed by atoms with Gasteiger partial charge in [0.15, 0.2) is 6.61 Å². The number of amides is 1. The molecule has 0 atom stereocenters. The van der Waals surface area contributed by atoms with Crippen LogP contribution in [0.2, 0.25) is 0 Å². The van der Waals surface area contributed by atoms with Crippen molar-refractivity contribution < 1.29 is 17.9 Å². The number of benzene rings is 1. The second-order valence-corrected chi connectivity index (χ2v) is 5.77. The van der Waals surface area contributed by atoms with Gasteiger partial charge in [0.2, 0.25) is 10.0 Å². The summed E-state index contributed by atoms with van der Waals surface area (Å²) in [6, 6.07) is 5.76. The molecule has 8 heteroatoms. The molecule has 1 aromatic rings. The molecule has 0 unspecified atom stereocenters. The molecule has 0 heterocycles. The molecular weight excluding hydrogens is 258 g/mol. The van der Waals surface area contributed by atoms with Crippen LogP contribution in [-0.2, 0) is 14.8 Å². The van der Waals surface area contributed by atoms with E-state index in [2.05, 4.69) is 0 Å². The average Bonchev–Trinajstić information content (AvgIpc) is 2.36. The second-order valence-electron chi connectivity index (χ2n) is 3.62. The van der Waals surface area contributed by atoms with E-state index < -0.39 is 15.9 Å². The fraction of sp³-hybridized carbons (Fsp3) is 0.300. The van der Waals surface area contributed by atoms with Crippen molar-refractivity contribution in [1.29, 1.82) is 0 Å². The fourth-order valence-corrected chi connectivity index (χ4v) is 2.01. The third-order valence-electron chi connectivity index (χ3n) is 2.13. The number of hydrazine groups is 1. The zero-order chi connectivity index (χ0) is 13.8. The normalized spacial score (nSPS) is 11.3. The SMILES string of the molecule is CN(C)S(=O)(=O)c1ccc(OCC(=O)NN)cc1. The Morgan fingerprint density at radius 3 is 2.33 bits per heavy atom. The van der Waals surface area contributed by atoms with Crippen molar-refractivity contribution in [2.24, 2.45) is 5.84 Å². The van der Waals surface area contributed by atoms with E-state index >= 15 is 0 Å². The summed E-state index contributed by atoms with van der Waals surface area (Å²) in [5.74, 6) is 4.80. The average molecular weight is 273 g/mol. The van der Waals surface area contributed by atoms with Crippen LogP contribution in [0.1, 0.15) is 0 Å². The molecule has 0 aliphatic carbocycles. The van der Waals surface area contributed by atoms with Gasteiger partial charge in [-0.05, 0) is 24.3 Å². The van der Waals surface area contributed by atoms with Crippen LogP contribution in [0, 0.1) is 0 Å². The van der Waals surface area contributed by atoms with Gasteiger partial charge in [-0.1, -0.05) is 0 Å². The summed E-state index contributed by atoms with van der Waals surface area (Å²) >= 11 is 0. The molecule has 0 spiro atoms. The number of rotatable bonds is 5. The lowest BCUT2D eigenvalue weighted by Gasteiger charge is -2.11. The molecule has 100 valence electrons. The number of carbonyl (C=O) groups excluding carboxylic acids is 1. The molecule has 0 bridgehead atoms. The number of nitrogens with zero attached hydrogens (tertiary/aromatic N) is 1. The summed E-state index contributed by atoms with van der Waals surface area (Å²) in [4.78, 5) is 11.0. The Balaban J connectivity index is 2.78. The molecule has 1 amide bonds. The van der Waals surface area contributed by atoms with Crippen molar-refractivity contribution in [1.82, 2.24) is 9.73 Å². The van der Waals surface area contributed by atoms with Crippen LogP contribution in [0.25, 0.3) is 0 Å². The maximum Gasteiger partial charge on any atom is 0.271 e. The number of hydrogen-bond acceptors (Lipinski definition) is 5. The number of ether oxygens (including phenoxy) is 1. The summed E-state index contributed by atoms with van der Waals surface area (Å²) in [5, 5.41) is 0. The van der Waals surface area contributed by atoms with E-state index in [4.69, 9.17) is 10.6 Å². The van der Waals surface area contributed by atoms with Crippen LogP contribution < -0.4 is 16.0 Å². The highest BCUT2D eigenvalue weighted by Gasteiger charge is 2.16. The summed E-state index contributed by atoms with van der Waals surface area (Å²) < 4.78 is 29.7. The summed E-state index contributed by atoms with van der Waals surface area (Å²) in [6.07, 6.45) is 0. The summed E-state index contributed by atoms with van der Waals surface area (Å²) in [7, 11) is -0.552. The van der Waals surface area contributed by atoms with E-state index in [0.29, 0.717) is 5.75 Å². The van der Waals surface area contributed by atoms with E-state index in [1.807, 2.05) is 5.43 Å². The molecule has 0 aliphatic rings. The van der Waals surface area contributed by atoms with Crippen LogP contribution in [0.15, 0.2) is 29.2 Å². The zero-order valence-corrected chi connectivity index (χ0v) is 10.9. The Bertz CT molecular complexity index is 510. The lowest BCUT2D eigenvalue weighted by atomic mass is 10.3. The first-order valence-electron chi connectivity index (χ1n) is 5.02. The summed E-state index contributed by atoms with van der Waals surface area (Å²) in [5.41, 5.74) is 1.92.